The Kier molecular flexibility index (Phi) is 3.03. The van der Waals surface area contributed by atoms with Crippen molar-refractivity contribution in [3.05, 3.63) is 54.0 Å². The van der Waals surface area contributed by atoms with Gasteiger partial charge >= 0.3 is 0 Å². The van der Waals surface area contributed by atoms with Crippen molar-refractivity contribution >= 4 is 22.9 Å². The van der Waals surface area contributed by atoms with E-state index in [0.717, 1.165) is 17.6 Å². The van der Waals surface area contributed by atoms with E-state index in [1.165, 1.54) is 0 Å². The van der Waals surface area contributed by atoms with E-state index in [4.69, 9.17) is 0 Å². The summed E-state index contributed by atoms with van der Waals surface area (Å²) in [6, 6.07) is 9.77. The predicted molar refractivity (Wildman–Crippen MR) is 96.5 cm³/mol. The van der Waals surface area contributed by atoms with Crippen molar-refractivity contribution in [2.75, 3.05) is 11.4 Å². The largest absolute Gasteiger partial charge is 0.308 e. The molecule has 8 nitrogen and oxygen atoms in total. The molecule has 8 heteroatoms. The van der Waals surface area contributed by atoms with E-state index in [1.807, 2.05) is 50.5 Å². The maximum absolute atomic E-state index is 13.4. The molecule has 1 aliphatic rings. The summed E-state index contributed by atoms with van der Waals surface area (Å²) >= 11 is 0. The van der Waals surface area contributed by atoms with E-state index >= 15 is 0 Å². The van der Waals surface area contributed by atoms with Crippen LogP contribution < -0.4 is 4.90 Å². The highest BCUT2D eigenvalue weighted by Crippen LogP contribution is 2.30. The molecule has 0 atom stereocenters. The Morgan fingerprint density at radius 3 is 2.81 bits per heavy atom. The molecule has 1 aliphatic heterocycles. The van der Waals surface area contributed by atoms with E-state index in [9.17, 15) is 4.79 Å². The number of aromatic nitrogens is 6. The predicted octanol–water partition coefficient (Wildman–Crippen LogP) is 1.92. The molecule has 0 saturated heterocycles. The molecule has 0 unspecified atom stereocenters. The van der Waals surface area contributed by atoms with Gasteiger partial charge in [0.25, 0.3) is 5.91 Å². The molecule has 5 rings (SSSR count). The summed E-state index contributed by atoms with van der Waals surface area (Å²) in [5.41, 5.74) is 3.18. The molecular weight excluding hydrogens is 330 g/mol. The van der Waals surface area contributed by atoms with Crippen LogP contribution in [0.5, 0.6) is 0 Å². The first-order chi connectivity index (χ1) is 12.6. The van der Waals surface area contributed by atoms with Crippen LogP contribution in [0.4, 0.5) is 5.95 Å². The fourth-order valence-corrected chi connectivity index (χ4v) is 3.67. The van der Waals surface area contributed by atoms with Gasteiger partial charge in [0.2, 0.25) is 5.95 Å². The Balaban J connectivity index is 1.63. The van der Waals surface area contributed by atoms with Gasteiger partial charge in [-0.15, -0.1) is 0 Å². The fourth-order valence-electron chi connectivity index (χ4n) is 3.67. The Labute approximate surface area is 149 Å². The normalized spacial score (nSPS) is 13.5. The van der Waals surface area contributed by atoms with Crippen molar-refractivity contribution in [3.63, 3.8) is 0 Å². The smallest absolute Gasteiger partial charge is 0.266 e. The topological polar surface area (TPSA) is 73.8 Å². The third kappa shape index (κ3) is 1.95. The van der Waals surface area contributed by atoms with Gasteiger partial charge in [-0.1, -0.05) is 12.1 Å². The molecule has 0 bridgehead atoms. The maximum atomic E-state index is 13.4. The number of rotatable bonds is 2. The van der Waals surface area contributed by atoms with E-state index in [2.05, 4.69) is 19.7 Å². The minimum absolute atomic E-state index is 0.102. The summed E-state index contributed by atoms with van der Waals surface area (Å²) in [4.78, 5) is 19.8. The third-order valence-electron chi connectivity index (χ3n) is 4.80. The summed E-state index contributed by atoms with van der Waals surface area (Å²) in [7, 11) is 1.82. The van der Waals surface area contributed by atoms with Crippen molar-refractivity contribution in [2.24, 2.45) is 7.05 Å². The minimum Gasteiger partial charge on any atom is -0.308 e. The standard InChI is InChI=1S/C18H17N7O/c1-12-15(16(22(2)21-12)25-9-5-8-19-25)17(26)24-11-10-23-14-7-4-3-6-13(14)20-18(23)24/h3-9H,10-11H2,1-2H3. The number of para-hydroxylation sites is 2. The quantitative estimate of drug-likeness (QED) is 0.555. The molecule has 1 aromatic carbocycles. The highest BCUT2D eigenvalue weighted by atomic mass is 16.2. The van der Waals surface area contributed by atoms with Crippen molar-refractivity contribution in [1.82, 2.24) is 29.1 Å². The second kappa shape index (κ2) is 5.29. The van der Waals surface area contributed by atoms with Crippen LogP contribution in [0.25, 0.3) is 16.9 Å². The van der Waals surface area contributed by atoms with E-state index in [1.54, 1.807) is 20.5 Å². The van der Waals surface area contributed by atoms with Crippen molar-refractivity contribution in [3.8, 4) is 5.82 Å². The lowest BCUT2D eigenvalue weighted by Crippen LogP contribution is -2.30. The molecule has 26 heavy (non-hydrogen) atoms. The van der Waals surface area contributed by atoms with Crippen molar-refractivity contribution in [1.29, 1.82) is 0 Å². The fraction of sp³-hybridized carbons (Fsp3) is 0.222. The molecular formula is C18H17N7O. The second-order valence-corrected chi connectivity index (χ2v) is 6.37. The SMILES string of the molecule is Cc1nn(C)c(-n2cccn2)c1C(=O)N1CCn2c1nc1ccccc12. The van der Waals surface area contributed by atoms with E-state index < -0.39 is 0 Å². The number of nitrogens with zero attached hydrogens (tertiary/aromatic N) is 7. The van der Waals surface area contributed by atoms with Gasteiger partial charge in [-0.2, -0.15) is 10.2 Å². The average Bonchev–Trinajstić information content (AvgIpc) is 3.37. The van der Waals surface area contributed by atoms with Crippen LogP contribution in [0, 0.1) is 6.92 Å². The Morgan fingerprint density at radius 2 is 2.00 bits per heavy atom. The van der Waals surface area contributed by atoms with Gasteiger partial charge in [0, 0.05) is 32.5 Å². The van der Waals surface area contributed by atoms with Crippen molar-refractivity contribution in [2.45, 2.75) is 13.5 Å². The monoisotopic (exact) mass is 347 g/mol. The van der Waals surface area contributed by atoms with Gasteiger partial charge in [0.15, 0.2) is 5.82 Å². The zero-order valence-corrected chi connectivity index (χ0v) is 14.5. The number of anilines is 1. The number of fused-ring (bicyclic) bond motifs is 3. The number of imidazole rings is 1. The first-order valence-electron chi connectivity index (χ1n) is 8.46. The summed E-state index contributed by atoms with van der Waals surface area (Å²) in [6.07, 6.45) is 3.50. The van der Waals surface area contributed by atoms with Gasteiger partial charge in [-0.25, -0.2) is 14.3 Å². The number of hydrogen-bond donors (Lipinski definition) is 0. The van der Waals surface area contributed by atoms with Gasteiger partial charge in [-0.05, 0) is 25.1 Å². The Hall–Kier alpha value is -3.42. The summed E-state index contributed by atoms with van der Waals surface area (Å²) in [5.74, 6) is 1.24. The van der Waals surface area contributed by atoms with Crippen LogP contribution in [-0.4, -0.2) is 41.6 Å². The number of aryl methyl sites for hydroxylation is 2. The maximum Gasteiger partial charge on any atom is 0.266 e. The van der Waals surface area contributed by atoms with E-state index in [0.29, 0.717) is 29.6 Å². The lowest BCUT2D eigenvalue weighted by atomic mass is 10.2. The summed E-state index contributed by atoms with van der Waals surface area (Å²) in [5, 5.41) is 8.71. The number of carbonyl (C=O) groups excluding carboxylic acids is 1. The van der Waals surface area contributed by atoms with Crippen LogP contribution in [0.2, 0.25) is 0 Å². The minimum atomic E-state index is -0.102. The van der Waals surface area contributed by atoms with Crippen LogP contribution in [-0.2, 0) is 13.6 Å². The van der Waals surface area contributed by atoms with Gasteiger partial charge < -0.3 is 4.57 Å². The van der Waals surface area contributed by atoms with Crippen LogP contribution in [0.3, 0.4) is 0 Å². The molecule has 0 saturated carbocycles. The summed E-state index contributed by atoms with van der Waals surface area (Å²) in [6.45, 7) is 3.18. The number of benzene rings is 1. The third-order valence-corrected chi connectivity index (χ3v) is 4.80. The molecule has 0 spiro atoms. The highest BCUT2D eigenvalue weighted by Gasteiger charge is 2.33. The molecule has 4 aromatic rings. The molecule has 0 fully saturated rings. The lowest BCUT2D eigenvalue weighted by Gasteiger charge is -2.15. The molecule has 1 amide bonds. The van der Waals surface area contributed by atoms with Crippen LogP contribution in [0.15, 0.2) is 42.7 Å². The highest BCUT2D eigenvalue weighted by molar-refractivity contribution is 6.09. The van der Waals surface area contributed by atoms with Gasteiger partial charge in [0.1, 0.15) is 5.56 Å². The Morgan fingerprint density at radius 1 is 1.15 bits per heavy atom. The lowest BCUT2D eigenvalue weighted by molar-refractivity contribution is 0.0988. The van der Waals surface area contributed by atoms with E-state index in [-0.39, 0.29) is 5.91 Å². The number of hydrogen-bond acceptors (Lipinski definition) is 4. The first-order valence-corrected chi connectivity index (χ1v) is 8.46. The summed E-state index contributed by atoms with van der Waals surface area (Å²) < 4.78 is 5.45. The average molecular weight is 347 g/mol. The van der Waals surface area contributed by atoms with Gasteiger partial charge in [0.05, 0.1) is 16.7 Å². The van der Waals surface area contributed by atoms with Crippen LogP contribution in [0.1, 0.15) is 16.1 Å². The van der Waals surface area contributed by atoms with Crippen LogP contribution >= 0.6 is 0 Å². The molecule has 0 radical (unpaired) electrons. The second-order valence-electron chi connectivity index (χ2n) is 6.37. The zero-order chi connectivity index (χ0) is 17.8. The molecule has 0 N–H and O–H groups in total. The zero-order valence-electron chi connectivity index (χ0n) is 14.5. The Bertz CT molecular complexity index is 1140. The first kappa shape index (κ1) is 14.9. The molecule has 130 valence electrons. The van der Waals surface area contributed by atoms with Gasteiger partial charge in [-0.3, -0.25) is 9.69 Å². The molecule has 0 aliphatic carbocycles. The molecule has 3 aromatic heterocycles. The molecule has 4 heterocycles. The number of carbonyl (C=O) groups is 1. The number of amides is 1. The van der Waals surface area contributed by atoms with Crippen molar-refractivity contribution < 1.29 is 4.79 Å².